The van der Waals surface area contributed by atoms with E-state index in [-0.39, 0.29) is 0 Å². The van der Waals surface area contributed by atoms with E-state index in [1.807, 2.05) is 0 Å². The predicted molar refractivity (Wildman–Crippen MR) is 47.1 cm³/mol. The Morgan fingerprint density at radius 1 is 0.900 bits per heavy atom. The first-order chi connectivity index (χ1) is 4.68. The molecule has 0 bridgehead atoms. The van der Waals surface area contributed by atoms with Gasteiger partial charge in [-0.05, 0) is 5.41 Å². The van der Waals surface area contributed by atoms with Gasteiger partial charge in [-0.1, -0.05) is 47.0 Å². The Kier molecular flexibility index (Phi) is 8.92. The summed E-state index contributed by atoms with van der Waals surface area (Å²) in [5.41, 5.74) is 0.625. The maximum atomic E-state index is 7.00. The number of aliphatic hydroxyl groups is 1. The van der Waals surface area contributed by atoms with Gasteiger partial charge in [-0.3, -0.25) is 0 Å². The molecule has 1 heteroatoms. The third-order valence-corrected chi connectivity index (χ3v) is 2.56. The van der Waals surface area contributed by atoms with Crippen molar-refractivity contribution in [1.82, 2.24) is 0 Å². The Labute approximate surface area is 65.5 Å². The highest BCUT2D eigenvalue weighted by Crippen LogP contribution is 2.28. The Bertz CT molecular complexity index is 47.5. The van der Waals surface area contributed by atoms with Crippen molar-refractivity contribution in [3.63, 3.8) is 0 Å². The zero-order valence-corrected chi connectivity index (χ0v) is 8.07. The fourth-order valence-electron chi connectivity index (χ4n) is 0.750. The van der Waals surface area contributed by atoms with Crippen LogP contribution >= 0.6 is 0 Å². The predicted octanol–water partition coefficient (Wildman–Crippen LogP) is 2.83. The zero-order chi connectivity index (χ0) is 8.62. The molecule has 1 N–H and O–H groups in total. The summed E-state index contributed by atoms with van der Waals surface area (Å²) in [6.45, 7) is 9.17. The molecular formula is C9H22O. The van der Waals surface area contributed by atoms with Gasteiger partial charge in [-0.2, -0.15) is 0 Å². The minimum Gasteiger partial charge on any atom is -0.400 e. The van der Waals surface area contributed by atoms with Crippen molar-refractivity contribution in [3.05, 3.63) is 0 Å². The smallest absolute Gasteiger partial charge is 0.0319 e. The van der Waals surface area contributed by atoms with E-state index in [1.54, 1.807) is 0 Å². The fraction of sp³-hybridized carbons (Fsp3) is 1.00. The van der Waals surface area contributed by atoms with E-state index in [1.165, 1.54) is 19.3 Å². The molecule has 0 spiro atoms. The number of hydrogen-bond acceptors (Lipinski definition) is 1. The van der Waals surface area contributed by atoms with E-state index >= 15 is 0 Å². The molecule has 0 aromatic rings. The van der Waals surface area contributed by atoms with Crippen LogP contribution in [0.3, 0.4) is 0 Å². The van der Waals surface area contributed by atoms with Crippen molar-refractivity contribution < 1.29 is 5.11 Å². The van der Waals surface area contributed by atoms with Crippen LogP contribution in [-0.2, 0) is 0 Å². The minimum atomic E-state index is 0.625. The molecule has 0 aliphatic carbocycles. The SMILES string of the molecule is CCC(C)(CC)CC.CO. The lowest BCUT2D eigenvalue weighted by Gasteiger charge is -2.23. The monoisotopic (exact) mass is 146 g/mol. The number of rotatable bonds is 3. The maximum absolute atomic E-state index is 7.00. The van der Waals surface area contributed by atoms with Crippen LogP contribution in [0.15, 0.2) is 0 Å². The van der Waals surface area contributed by atoms with E-state index in [9.17, 15) is 0 Å². The van der Waals surface area contributed by atoms with Crippen LogP contribution in [0.4, 0.5) is 0 Å². The standard InChI is InChI=1S/C8H18.CH4O/c1-5-8(4,6-2)7-3;1-2/h5-7H2,1-4H3;2H,1H3. The van der Waals surface area contributed by atoms with Crippen LogP contribution in [0.5, 0.6) is 0 Å². The van der Waals surface area contributed by atoms with Gasteiger partial charge in [0, 0.05) is 7.11 Å². The molecule has 0 saturated heterocycles. The largest absolute Gasteiger partial charge is 0.400 e. The van der Waals surface area contributed by atoms with Crippen molar-refractivity contribution in [2.45, 2.75) is 47.0 Å². The van der Waals surface area contributed by atoms with Crippen LogP contribution in [0, 0.1) is 5.41 Å². The highest BCUT2D eigenvalue weighted by molar-refractivity contribution is 4.67. The average Bonchev–Trinajstić information content (AvgIpc) is 2.07. The minimum absolute atomic E-state index is 0.625. The van der Waals surface area contributed by atoms with Crippen LogP contribution in [0.1, 0.15) is 47.0 Å². The number of aliphatic hydroxyl groups excluding tert-OH is 1. The van der Waals surface area contributed by atoms with E-state index in [0.29, 0.717) is 5.41 Å². The molecule has 0 aliphatic rings. The maximum Gasteiger partial charge on any atom is 0.0319 e. The van der Waals surface area contributed by atoms with Gasteiger partial charge < -0.3 is 5.11 Å². The third-order valence-electron chi connectivity index (χ3n) is 2.56. The Morgan fingerprint density at radius 2 is 1.10 bits per heavy atom. The van der Waals surface area contributed by atoms with Gasteiger partial charge in [0.15, 0.2) is 0 Å². The van der Waals surface area contributed by atoms with E-state index < -0.39 is 0 Å². The topological polar surface area (TPSA) is 20.2 Å². The molecule has 64 valence electrons. The van der Waals surface area contributed by atoms with Crippen LogP contribution in [-0.4, -0.2) is 12.2 Å². The Balaban J connectivity index is 0. The summed E-state index contributed by atoms with van der Waals surface area (Å²) >= 11 is 0. The molecule has 0 rings (SSSR count). The molecular weight excluding hydrogens is 124 g/mol. The molecule has 10 heavy (non-hydrogen) atoms. The normalized spacial score (nSPS) is 10.2. The van der Waals surface area contributed by atoms with Gasteiger partial charge in [-0.25, -0.2) is 0 Å². The van der Waals surface area contributed by atoms with Crippen LogP contribution < -0.4 is 0 Å². The third kappa shape index (κ3) is 4.80. The summed E-state index contributed by atoms with van der Waals surface area (Å²) in [6, 6.07) is 0. The summed E-state index contributed by atoms with van der Waals surface area (Å²) in [5, 5.41) is 7.00. The van der Waals surface area contributed by atoms with Gasteiger partial charge in [0.1, 0.15) is 0 Å². The van der Waals surface area contributed by atoms with Crippen molar-refractivity contribution >= 4 is 0 Å². The van der Waals surface area contributed by atoms with E-state index in [2.05, 4.69) is 27.7 Å². The molecule has 0 aromatic carbocycles. The molecule has 0 radical (unpaired) electrons. The lowest BCUT2D eigenvalue weighted by molar-refractivity contribution is 0.286. The first-order valence-corrected chi connectivity index (χ1v) is 4.13. The second kappa shape index (κ2) is 7.07. The molecule has 0 atom stereocenters. The fourth-order valence-corrected chi connectivity index (χ4v) is 0.750. The van der Waals surface area contributed by atoms with Crippen LogP contribution in [0.25, 0.3) is 0 Å². The van der Waals surface area contributed by atoms with E-state index in [0.717, 1.165) is 7.11 Å². The van der Waals surface area contributed by atoms with Crippen molar-refractivity contribution in [2.24, 2.45) is 5.41 Å². The van der Waals surface area contributed by atoms with Gasteiger partial charge in [0.2, 0.25) is 0 Å². The second-order valence-corrected chi connectivity index (χ2v) is 2.87. The zero-order valence-electron chi connectivity index (χ0n) is 8.07. The van der Waals surface area contributed by atoms with Gasteiger partial charge >= 0.3 is 0 Å². The second-order valence-electron chi connectivity index (χ2n) is 2.87. The van der Waals surface area contributed by atoms with Crippen molar-refractivity contribution in [3.8, 4) is 0 Å². The first kappa shape index (κ1) is 12.6. The molecule has 0 aliphatic heterocycles. The quantitative estimate of drug-likeness (QED) is 0.649. The summed E-state index contributed by atoms with van der Waals surface area (Å²) in [4.78, 5) is 0. The van der Waals surface area contributed by atoms with Gasteiger partial charge in [0.05, 0.1) is 0 Å². The van der Waals surface area contributed by atoms with Gasteiger partial charge in [-0.15, -0.1) is 0 Å². The highest BCUT2D eigenvalue weighted by atomic mass is 16.2. The summed E-state index contributed by atoms with van der Waals surface area (Å²) in [6.07, 6.45) is 3.96. The van der Waals surface area contributed by atoms with Crippen LogP contribution in [0.2, 0.25) is 0 Å². The summed E-state index contributed by atoms with van der Waals surface area (Å²) in [5.74, 6) is 0. The first-order valence-electron chi connectivity index (χ1n) is 4.13. The molecule has 0 unspecified atom stereocenters. The molecule has 0 aromatic heterocycles. The summed E-state index contributed by atoms with van der Waals surface area (Å²) < 4.78 is 0. The lowest BCUT2D eigenvalue weighted by Crippen LogP contribution is -2.10. The molecule has 0 amide bonds. The highest BCUT2D eigenvalue weighted by Gasteiger charge is 2.15. The lowest BCUT2D eigenvalue weighted by atomic mass is 9.82. The van der Waals surface area contributed by atoms with Crippen molar-refractivity contribution in [1.29, 1.82) is 0 Å². The molecule has 1 nitrogen and oxygen atoms in total. The molecule has 0 heterocycles. The Morgan fingerprint density at radius 3 is 1.10 bits per heavy atom. The molecule has 0 saturated carbocycles. The molecule has 0 fully saturated rings. The Hall–Kier alpha value is -0.0400. The van der Waals surface area contributed by atoms with E-state index in [4.69, 9.17) is 5.11 Å². The van der Waals surface area contributed by atoms with Gasteiger partial charge in [0.25, 0.3) is 0 Å². The summed E-state index contributed by atoms with van der Waals surface area (Å²) in [7, 11) is 1.00. The number of hydrogen-bond donors (Lipinski definition) is 1. The van der Waals surface area contributed by atoms with Crippen molar-refractivity contribution in [2.75, 3.05) is 7.11 Å². The average molecular weight is 146 g/mol.